The number of piperidine rings is 1. The Morgan fingerprint density at radius 3 is 2.22 bits per heavy atom. The molecule has 0 spiro atoms. The molecule has 0 bridgehead atoms. The van der Waals surface area contributed by atoms with Gasteiger partial charge in [0.2, 0.25) is 5.91 Å². The molecule has 0 unspecified atom stereocenters. The van der Waals surface area contributed by atoms with Gasteiger partial charge in [-0.05, 0) is 80.4 Å². The Bertz CT molecular complexity index is 1260. The molecule has 3 aromatic rings. The number of nitrogens with zero attached hydrogens (tertiary/aromatic N) is 2. The van der Waals surface area contributed by atoms with Crippen molar-refractivity contribution >= 4 is 21.6 Å². The molecular formula is C29H35N3O4S. The van der Waals surface area contributed by atoms with Crippen molar-refractivity contribution in [2.45, 2.75) is 44.2 Å². The molecule has 0 radical (unpaired) electrons. The van der Waals surface area contributed by atoms with Crippen molar-refractivity contribution < 1.29 is 17.9 Å². The minimum Gasteiger partial charge on any atom is -0.494 e. The predicted octanol–water partition coefficient (Wildman–Crippen LogP) is 4.58. The molecule has 0 atom stereocenters. The van der Waals surface area contributed by atoms with E-state index in [9.17, 15) is 13.2 Å². The van der Waals surface area contributed by atoms with Gasteiger partial charge in [0.25, 0.3) is 10.0 Å². The van der Waals surface area contributed by atoms with Crippen LogP contribution in [0.25, 0.3) is 0 Å². The fourth-order valence-electron chi connectivity index (χ4n) is 4.53. The third-order valence-electron chi connectivity index (χ3n) is 6.49. The second kappa shape index (κ2) is 12.7. The smallest absolute Gasteiger partial charge is 0.264 e. The number of sulfonamides is 1. The van der Waals surface area contributed by atoms with Crippen LogP contribution in [0, 0.1) is 0 Å². The highest BCUT2D eigenvalue weighted by Crippen LogP contribution is 2.25. The van der Waals surface area contributed by atoms with E-state index in [0.717, 1.165) is 29.5 Å². The van der Waals surface area contributed by atoms with Gasteiger partial charge >= 0.3 is 0 Å². The van der Waals surface area contributed by atoms with Crippen LogP contribution in [0.5, 0.6) is 5.75 Å². The van der Waals surface area contributed by atoms with E-state index >= 15 is 0 Å². The Morgan fingerprint density at radius 1 is 0.892 bits per heavy atom. The zero-order valence-corrected chi connectivity index (χ0v) is 22.1. The molecule has 0 aromatic heterocycles. The van der Waals surface area contributed by atoms with Gasteiger partial charge in [-0.15, -0.1) is 0 Å². The number of amides is 1. The van der Waals surface area contributed by atoms with Crippen LogP contribution >= 0.6 is 0 Å². The molecule has 1 heterocycles. The molecule has 7 nitrogen and oxygen atoms in total. The number of carbonyl (C=O) groups excluding carboxylic acids is 1. The fourth-order valence-corrected chi connectivity index (χ4v) is 5.95. The maximum Gasteiger partial charge on any atom is 0.264 e. The van der Waals surface area contributed by atoms with Crippen LogP contribution < -0.4 is 14.4 Å². The van der Waals surface area contributed by atoms with Gasteiger partial charge in [0.1, 0.15) is 12.3 Å². The Hall–Kier alpha value is -3.36. The van der Waals surface area contributed by atoms with E-state index in [2.05, 4.69) is 16.3 Å². The number of hydrogen-bond acceptors (Lipinski definition) is 5. The highest BCUT2D eigenvalue weighted by atomic mass is 32.2. The lowest BCUT2D eigenvalue weighted by Gasteiger charge is -2.27. The lowest BCUT2D eigenvalue weighted by atomic mass is 10.0. The second-order valence-electron chi connectivity index (χ2n) is 9.13. The van der Waals surface area contributed by atoms with E-state index < -0.39 is 10.0 Å². The SMILES string of the molecule is CCOc1ccc(S(=O)(=O)N(CC(=O)NCc2ccccc2CN2CCCCC2)c2ccccc2)cc1. The van der Waals surface area contributed by atoms with Gasteiger partial charge in [0, 0.05) is 13.1 Å². The van der Waals surface area contributed by atoms with Crippen LogP contribution in [0.2, 0.25) is 0 Å². The summed E-state index contributed by atoms with van der Waals surface area (Å²) in [4.78, 5) is 15.6. The molecule has 0 saturated carbocycles. The number of hydrogen-bond donors (Lipinski definition) is 1. The van der Waals surface area contributed by atoms with E-state index in [0.29, 0.717) is 24.6 Å². The predicted molar refractivity (Wildman–Crippen MR) is 146 cm³/mol. The maximum atomic E-state index is 13.6. The lowest BCUT2D eigenvalue weighted by Crippen LogP contribution is -2.40. The molecule has 4 rings (SSSR count). The highest BCUT2D eigenvalue weighted by Gasteiger charge is 2.27. The normalized spacial score (nSPS) is 14.2. The van der Waals surface area contributed by atoms with Crippen LogP contribution in [0.3, 0.4) is 0 Å². The van der Waals surface area contributed by atoms with Crippen LogP contribution in [0.4, 0.5) is 5.69 Å². The first-order valence-corrected chi connectivity index (χ1v) is 14.3. The summed E-state index contributed by atoms with van der Waals surface area (Å²) < 4.78 is 33.8. The fraction of sp³-hybridized carbons (Fsp3) is 0.345. The van der Waals surface area contributed by atoms with E-state index in [1.807, 2.05) is 31.2 Å². The zero-order valence-electron chi connectivity index (χ0n) is 21.3. The van der Waals surface area contributed by atoms with Crippen molar-refractivity contribution in [1.29, 1.82) is 0 Å². The van der Waals surface area contributed by atoms with Crippen molar-refractivity contribution in [3.05, 3.63) is 90.0 Å². The molecule has 1 aliphatic heterocycles. The van der Waals surface area contributed by atoms with Crippen molar-refractivity contribution in [2.24, 2.45) is 0 Å². The number of anilines is 1. The van der Waals surface area contributed by atoms with E-state index in [4.69, 9.17) is 4.74 Å². The van der Waals surface area contributed by atoms with Crippen LogP contribution in [0.15, 0.2) is 83.8 Å². The number of carbonyl (C=O) groups is 1. The molecule has 1 fully saturated rings. The maximum absolute atomic E-state index is 13.6. The quantitative estimate of drug-likeness (QED) is 0.400. The van der Waals surface area contributed by atoms with E-state index in [1.165, 1.54) is 37.0 Å². The van der Waals surface area contributed by atoms with Crippen molar-refractivity contribution in [3.63, 3.8) is 0 Å². The molecule has 196 valence electrons. The Balaban J connectivity index is 1.48. The average molecular weight is 522 g/mol. The van der Waals surface area contributed by atoms with Gasteiger partial charge in [-0.1, -0.05) is 48.9 Å². The number of rotatable bonds is 11. The first-order chi connectivity index (χ1) is 18.0. The third-order valence-corrected chi connectivity index (χ3v) is 8.28. The summed E-state index contributed by atoms with van der Waals surface area (Å²) in [5, 5.41) is 2.94. The molecule has 8 heteroatoms. The summed E-state index contributed by atoms with van der Waals surface area (Å²) in [5.74, 6) is 0.222. The van der Waals surface area contributed by atoms with Crippen LogP contribution in [-0.2, 0) is 27.9 Å². The minimum absolute atomic E-state index is 0.0967. The summed E-state index contributed by atoms with van der Waals surface area (Å²) in [5.41, 5.74) is 2.66. The first-order valence-electron chi connectivity index (χ1n) is 12.8. The number of ether oxygens (including phenoxy) is 1. The van der Waals surface area contributed by atoms with Crippen molar-refractivity contribution in [2.75, 3.05) is 30.5 Å². The lowest BCUT2D eigenvalue weighted by molar-refractivity contribution is -0.119. The van der Waals surface area contributed by atoms with Gasteiger partial charge in [-0.3, -0.25) is 14.0 Å². The Kier molecular flexibility index (Phi) is 9.19. The number of para-hydroxylation sites is 1. The molecule has 0 aliphatic carbocycles. The summed E-state index contributed by atoms with van der Waals surface area (Å²) in [6.07, 6.45) is 3.72. The molecule has 1 amide bonds. The first kappa shape index (κ1) is 26.7. The average Bonchev–Trinajstić information content (AvgIpc) is 2.93. The summed E-state index contributed by atoms with van der Waals surface area (Å²) in [6, 6.07) is 23.1. The number of benzene rings is 3. The van der Waals surface area contributed by atoms with E-state index in [-0.39, 0.29) is 17.3 Å². The highest BCUT2D eigenvalue weighted by molar-refractivity contribution is 7.92. The number of nitrogens with one attached hydrogen (secondary N) is 1. The van der Waals surface area contributed by atoms with Crippen molar-refractivity contribution in [3.8, 4) is 5.75 Å². The van der Waals surface area contributed by atoms with Gasteiger partial charge in [0.05, 0.1) is 17.2 Å². The van der Waals surface area contributed by atoms with Crippen molar-refractivity contribution in [1.82, 2.24) is 10.2 Å². The third kappa shape index (κ3) is 7.11. The van der Waals surface area contributed by atoms with Gasteiger partial charge in [0.15, 0.2) is 0 Å². The summed E-state index contributed by atoms with van der Waals surface area (Å²) in [7, 11) is -3.98. The van der Waals surface area contributed by atoms with E-state index in [1.54, 1.807) is 36.4 Å². The van der Waals surface area contributed by atoms with Gasteiger partial charge < -0.3 is 10.1 Å². The Labute approximate surface area is 220 Å². The molecular weight excluding hydrogens is 486 g/mol. The summed E-state index contributed by atoms with van der Waals surface area (Å²) >= 11 is 0. The molecule has 1 saturated heterocycles. The van der Waals surface area contributed by atoms with Crippen LogP contribution in [-0.4, -0.2) is 45.5 Å². The monoisotopic (exact) mass is 521 g/mol. The molecule has 37 heavy (non-hydrogen) atoms. The number of likely N-dealkylation sites (tertiary alicyclic amines) is 1. The molecule has 3 aromatic carbocycles. The second-order valence-corrected chi connectivity index (χ2v) is 11.0. The summed E-state index contributed by atoms with van der Waals surface area (Å²) in [6.45, 7) is 5.42. The zero-order chi connectivity index (χ0) is 26.1. The minimum atomic E-state index is -3.98. The molecule has 1 N–H and O–H groups in total. The topological polar surface area (TPSA) is 79.0 Å². The molecule has 1 aliphatic rings. The Morgan fingerprint density at radius 2 is 1.54 bits per heavy atom. The van der Waals surface area contributed by atoms with Gasteiger partial charge in [-0.25, -0.2) is 8.42 Å². The van der Waals surface area contributed by atoms with Gasteiger partial charge in [-0.2, -0.15) is 0 Å². The van der Waals surface area contributed by atoms with Crippen LogP contribution in [0.1, 0.15) is 37.3 Å². The largest absolute Gasteiger partial charge is 0.494 e. The standard InChI is InChI=1S/C29H35N3O4S/c1-2-36-27-15-17-28(18-16-27)37(34,35)32(26-13-5-3-6-14-26)23-29(33)30-21-24-11-7-8-12-25(24)22-31-19-9-4-10-20-31/h3,5-8,11-18H,2,4,9-10,19-23H2,1H3,(H,30,33).